The van der Waals surface area contributed by atoms with Gasteiger partial charge in [0.1, 0.15) is 0 Å². The van der Waals surface area contributed by atoms with E-state index in [4.69, 9.17) is 4.74 Å². The van der Waals surface area contributed by atoms with Gasteiger partial charge in [-0.15, -0.1) is 0 Å². The predicted molar refractivity (Wildman–Crippen MR) is 101 cm³/mol. The Hall–Kier alpha value is -1.92. The lowest BCUT2D eigenvalue weighted by atomic mass is 10.1. The van der Waals surface area contributed by atoms with Crippen molar-refractivity contribution in [3.05, 3.63) is 30.1 Å². The third-order valence-electron chi connectivity index (χ3n) is 5.60. The molecule has 1 aliphatic heterocycles. The molecule has 6 heteroatoms. The second kappa shape index (κ2) is 8.18. The summed E-state index contributed by atoms with van der Waals surface area (Å²) in [5.41, 5.74) is 2.75. The largest absolute Gasteiger partial charge is 0.379 e. The molecule has 6 nitrogen and oxygen atoms in total. The van der Waals surface area contributed by atoms with Gasteiger partial charge in [0.2, 0.25) is 0 Å². The van der Waals surface area contributed by atoms with Gasteiger partial charge in [-0.2, -0.15) is 0 Å². The van der Waals surface area contributed by atoms with Crippen LogP contribution in [0.5, 0.6) is 0 Å². The van der Waals surface area contributed by atoms with E-state index < -0.39 is 0 Å². The minimum atomic E-state index is -0.00991. The monoisotopic (exact) mass is 356 g/mol. The topological polar surface area (TPSA) is 59.4 Å². The molecule has 1 amide bonds. The molecule has 1 aromatic heterocycles. The Kier molecular flexibility index (Phi) is 5.51. The molecule has 1 N–H and O–H groups in total. The molecule has 4 rings (SSSR count). The molecule has 2 aromatic rings. The zero-order valence-electron chi connectivity index (χ0n) is 15.3. The van der Waals surface area contributed by atoms with Crippen molar-refractivity contribution in [3.63, 3.8) is 0 Å². The van der Waals surface area contributed by atoms with E-state index in [1.807, 2.05) is 24.5 Å². The van der Waals surface area contributed by atoms with E-state index in [0.29, 0.717) is 18.2 Å². The number of imidazole rings is 1. The van der Waals surface area contributed by atoms with Gasteiger partial charge in [-0.25, -0.2) is 4.98 Å². The standard InChI is InChI=1S/C20H28N4O2/c25-20(21-8-3-9-23-10-12-26-13-11-23)16-6-7-19-18(14-16)22-15-24(19)17-4-1-2-5-17/h6-7,14-15,17H,1-5,8-13H2,(H,21,25). The second-order valence-corrected chi connectivity index (χ2v) is 7.36. The smallest absolute Gasteiger partial charge is 0.251 e. The van der Waals surface area contributed by atoms with Gasteiger partial charge >= 0.3 is 0 Å². The normalized spacial score (nSPS) is 19.2. The van der Waals surface area contributed by atoms with Gasteiger partial charge in [-0.05, 0) is 44.0 Å². The average Bonchev–Trinajstić information content (AvgIpc) is 3.34. The van der Waals surface area contributed by atoms with Gasteiger partial charge in [-0.1, -0.05) is 12.8 Å². The van der Waals surface area contributed by atoms with Crippen LogP contribution in [0.4, 0.5) is 0 Å². The number of nitrogens with one attached hydrogen (secondary N) is 1. The quantitative estimate of drug-likeness (QED) is 0.809. The lowest BCUT2D eigenvalue weighted by Crippen LogP contribution is -2.38. The number of benzene rings is 1. The fourth-order valence-electron chi connectivity index (χ4n) is 4.08. The first kappa shape index (κ1) is 17.5. The number of carbonyl (C=O) groups is 1. The van der Waals surface area contributed by atoms with Gasteiger partial charge in [-0.3, -0.25) is 9.69 Å². The van der Waals surface area contributed by atoms with Crippen molar-refractivity contribution < 1.29 is 9.53 Å². The Labute approximate surface area is 154 Å². The number of fused-ring (bicyclic) bond motifs is 1. The number of carbonyl (C=O) groups excluding carboxylic acids is 1. The van der Waals surface area contributed by atoms with E-state index in [2.05, 4.69) is 19.8 Å². The lowest BCUT2D eigenvalue weighted by Gasteiger charge is -2.26. The summed E-state index contributed by atoms with van der Waals surface area (Å²) in [6.07, 6.45) is 7.97. The molecule has 1 saturated heterocycles. The van der Waals surface area contributed by atoms with E-state index in [9.17, 15) is 4.79 Å². The Bertz CT molecular complexity index is 745. The molecular weight excluding hydrogens is 328 g/mol. The number of hydrogen-bond acceptors (Lipinski definition) is 4. The maximum Gasteiger partial charge on any atom is 0.251 e. The molecule has 0 unspecified atom stereocenters. The molecule has 2 heterocycles. The lowest BCUT2D eigenvalue weighted by molar-refractivity contribution is 0.0374. The number of nitrogens with zero attached hydrogens (tertiary/aromatic N) is 3. The van der Waals surface area contributed by atoms with Crippen LogP contribution in [-0.4, -0.2) is 59.8 Å². The van der Waals surface area contributed by atoms with Crippen molar-refractivity contribution >= 4 is 16.9 Å². The van der Waals surface area contributed by atoms with Crippen molar-refractivity contribution in [1.29, 1.82) is 0 Å². The highest BCUT2D eigenvalue weighted by Gasteiger charge is 2.19. The van der Waals surface area contributed by atoms with Gasteiger partial charge in [0.15, 0.2) is 0 Å². The molecule has 1 aromatic carbocycles. The van der Waals surface area contributed by atoms with Gasteiger partial charge in [0, 0.05) is 31.2 Å². The summed E-state index contributed by atoms with van der Waals surface area (Å²) < 4.78 is 7.64. The van der Waals surface area contributed by atoms with Gasteiger partial charge in [0.05, 0.1) is 30.6 Å². The summed E-state index contributed by atoms with van der Waals surface area (Å²) in [6.45, 7) is 5.33. The zero-order chi connectivity index (χ0) is 17.8. The van der Waals surface area contributed by atoms with E-state index in [1.54, 1.807) is 0 Å². The first-order chi connectivity index (χ1) is 12.8. The summed E-state index contributed by atoms with van der Waals surface area (Å²) in [5.74, 6) is -0.00991. The van der Waals surface area contributed by atoms with Crippen molar-refractivity contribution in [2.75, 3.05) is 39.4 Å². The molecule has 1 saturated carbocycles. The number of ether oxygens (including phenoxy) is 1. The molecular formula is C20H28N4O2. The summed E-state index contributed by atoms with van der Waals surface area (Å²) in [5, 5.41) is 3.03. The number of aromatic nitrogens is 2. The Morgan fingerprint density at radius 2 is 2.04 bits per heavy atom. The Morgan fingerprint density at radius 1 is 1.23 bits per heavy atom. The van der Waals surface area contributed by atoms with Crippen LogP contribution >= 0.6 is 0 Å². The van der Waals surface area contributed by atoms with Crippen LogP contribution in [0, 0.1) is 0 Å². The fraction of sp³-hybridized carbons (Fsp3) is 0.600. The highest BCUT2D eigenvalue weighted by molar-refractivity contribution is 5.97. The highest BCUT2D eigenvalue weighted by atomic mass is 16.5. The zero-order valence-corrected chi connectivity index (χ0v) is 15.3. The van der Waals surface area contributed by atoms with Crippen molar-refractivity contribution in [2.45, 2.75) is 38.1 Å². The molecule has 2 aliphatic rings. The summed E-state index contributed by atoms with van der Waals surface area (Å²) in [7, 11) is 0. The number of hydrogen-bond donors (Lipinski definition) is 1. The van der Waals surface area contributed by atoms with E-state index in [1.165, 1.54) is 25.7 Å². The van der Waals surface area contributed by atoms with Crippen LogP contribution < -0.4 is 5.32 Å². The summed E-state index contributed by atoms with van der Waals surface area (Å²) in [6, 6.07) is 6.45. The average molecular weight is 356 g/mol. The molecule has 0 bridgehead atoms. The predicted octanol–water partition coefficient (Wildman–Crippen LogP) is 2.60. The minimum Gasteiger partial charge on any atom is -0.379 e. The highest BCUT2D eigenvalue weighted by Crippen LogP contribution is 2.32. The first-order valence-corrected chi connectivity index (χ1v) is 9.86. The van der Waals surface area contributed by atoms with Gasteiger partial charge in [0.25, 0.3) is 5.91 Å². The third-order valence-corrected chi connectivity index (χ3v) is 5.60. The van der Waals surface area contributed by atoms with E-state index in [-0.39, 0.29) is 5.91 Å². The maximum atomic E-state index is 12.4. The SMILES string of the molecule is O=C(NCCCN1CCOCC1)c1ccc2c(c1)ncn2C1CCCC1. The van der Waals surface area contributed by atoms with Crippen LogP contribution in [0.15, 0.2) is 24.5 Å². The van der Waals surface area contributed by atoms with Gasteiger partial charge < -0.3 is 14.6 Å². The van der Waals surface area contributed by atoms with Crippen molar-refractivity contribution in [2.24, 2.45) is 0 Å². The number of rotatable bonds is 6. The summed E-state index contributed by atoms with van der Waals surface area (Å²) >= 11 is 0. The first-order valence-electron chi connectivity index (χ1n) is 9.86. The maximum absolute atomic E-state index is 12.4. The van der Waals surface area contributed by atoms with E-state index >= 15 is 0 Å². The summed E-state index contributed by atoms with van der Waals surface area (Å²) in [4.78, 5) is 19.3. The Balaban J connectivity index is 1.32. The third kappa shape index (κ3) is 3.91. The number of amides is 1. The molecule has 1 aliphatic carbocycles. The van der Waals surface area contributed by atoms with Crippen molar-refractivity contribution in [3.8, 4) is 0 Å². The van der Waals surface area contributed by atoms with Crippen LogP contribution in [0.3, 0.4) is 0 Å². The second-order valence-electron chi connectivity index (χ2n) is 7.36. The van der Waals surface area contributed by atoms with E-state index in [0.717, 1.165) is 50.3 Å². The molecule has 2 fully saturated rings. The fourth-order valence-corrected chi connectivity index (χ4v) is 4.08. The molecule has 26 heavy (non-hydrogen) atoms. The van der Waals surface area contributed by atoms with Crippen LogP contribution in [-0.2, 0) is 4.74 Å². The Morgan fingerprint density at radius 3 is 2.85 bits per heavy atom. The molecule has 0 spiro atoms. The minimum absolute atomic E-state index is 0.00991. The van der Waals surface area contributed by atoms with Crippen LogP contribution in [0.25, 0.3) is 11.0 Å². The number of morpholine rings is 1. The molecule has 140 valence electrons. The van der Waals surface area contributed by atoms with Crippen molar-refractivity contribution in [1.82, 2.24) is 19.8 Å². The van der Waals surface area contributed by atoms with Crippen LogP contribution in [0.1, 0.15) is 48.5 Å². The molecule has 0 atom stereocenters. The van der Waals surface area contributed by atoms with Crippen LogP contribution in [0.2, 0.25) is 0 Å². The molecule has 0 radical (unpaired) electrons.